The minimum absolute atomic E-state index is 0.00336. The Hall–Kier alpha value is -2.49. The normalized spacial score (nSPS) is 14.9. The molecule has 1 aliphatic rings. The van der Waals surface area contributed by atoms with Crippen molar-refractivity contribution in [1.82, 2.24) is 4.31 Å². The Labute approximate surface area is 160 Å². The lowest BCUT2D eigenvalue weighted by Crippen LogP contribution is -2.28. The Morgan fingerprint density at radius 1 is 1.15 bits per heavy atom. The highest BCUT2D eigenvalue weighted by atomic mass is 35.5. The van der Waals surface area contributed by atoms with Crippen LogP contribution in [0.15, 0.2) is 47.4 Å². The number of nitrogens with one attached hydrogen (secondary N) is 1. The number of sulfonamides is 1. The number of rotatable bonds is 5. The van der Waals surface area contributed by atoms with Crippen molar-refractivity contribution in [2.45, 2.75) is 17.7 Å². The number of para-hydroxylation sites is 2. The molecule has 0 aromatic heterocycles. The predicted molar refractivity (Wildman–Crippen MR) is 100 cm³/mol. The molecular weight excluding hydrogens is 394 g/mol. The van der Waals surface area contributed by atoms with Crippen LogP contribution in [0.3, 0.4) is 0 Å². The molecule has 10 heteroatoms. The first kappa shape index (κ1) is 19.3. The number of nitro benzene ring substituents is 1. The summed E-state index contributed by atoms with van der Waals surface area (Å²) in [5, 5.41) is 13.6. The number of benzene rings is 2. The molecule has 0 spiro atoms. The van der Waals surface area contributed by atoms with Crippen LogP contribution in [-0.4, -0.2) is 36.6 Å². The molecule has 1 saturated heterocycles. The summed E-state index contributed by atoms with van der Waals surface area (Å²) >= 11 is 6.07. The summed E-state index contributed by atoms with van der Waals surface area (Å²) < 4.78 is 26.7. The molecule has 142 valence electrons. The molecule has 0 saturated carbocycles. The first-order valence-electron chi connectivity index (χ1n) is 8.15. The summed E-state index contributed by atoms with van der Waals surface area (Å²) in [4.78, 5) is 23.0. The Balaban J connectivity index is 1.93. The maximum absolute atomic E-state index is 12.7. The molecule has 27 heavy (non-hydrogen) atoms. The largest absolute Gasteiger partial charge is 0.316 e. The van der Waals surface area contributed by atoms with Gasteiger partial charge in [0.05, 0.1) is 20.4 Å². The second kappa shape index (κ2) is 7.63. The van der Waals surface area contributed by atoms with Crippen LogP contribution >= 0.6 is 11.6 Å². The summed E-state index contributed by atoms with van der Waals surface area (Å²) in [6, 6.07) is 9.53. The molecule has 1 aliphatic heterocycles. The maximum atomic E-state index is 12.7. The van der Waals surface area contributed by atoms with Crippen molar-refractivity contribution in [3.63, 3.8) is 0 Å². The van der Waals surface area contributed by atoms with Crippen molar-refractivity contribution in [3.05, 3.63) is 63.2 Å². The van der Waals surface area contributed by atoms with Gasteiger partial charge in [-0.05, 0) is 37.1 Å². The van der Waals surface area contributed by atoms with Gasteiger partial charge in [-0.2, -0.15) is 4.31 Å². The van der Waals surface area contributed by atoms with Crippen molar-refractivity contribution in [1.29, 1.82) is 0 Å². The van der Waals surface area contributed by atoms with Gasteiger partial charge in [0, 0.05) is 19.2 Å². The number of nitro groups is 1. The third-order valence-electron chi connectivity index (χ3n) is 4.23. The third-order valence-corrected chi connectivity index (χ3v) is 6.46. The van der Waals surface area contributed by atoms with Crippen LogP contribution < -0.4 is 5.32 Å². The monoisotopic (exact) mass is 409 g/mol. The molecule has 1 N–H and O–H groups in total. The van der Waals surface area contributed by atoms with Gasteiger partial charge in [-0.25, -0.2) is 8.42 Å². The van der Waals surface area contributed by atoms with Gasteiger partial charge in [0.2, 0.25) is 10.0 Å². The van der Waals surface area contributed by atoms with Crippen LogP contribution in [0.5, 0.6) is 0 Å². The minimum Gasteiger partial charge on any atom is -0.316 e. The lowest BCUT2D eigenvalue weighted by atomic mass is 10.2. The smallest absolute Gasteiger partial charge is 0.292 e. The van der Waals surface area contributed by atoms with Gasteiger partial charge < -0.3 is 5.32 Å². The molecule has 0 radical (unpaired) electrons. The third kappa shape index (κ3) is 3.95. The number of amides is 1. The number of anilines is 1. The van der Waals surface area contributed by atoms with Crippen molar-refractivity contribution < 1.29 is 18.1 Å². The summed E-state index contributed by atoms with van der Waals surface area (Å²) in [6.45, 7) is 0.866. The molecule has 1 fully saturated rings. The van der Waals surface area contributed by atoms with Gasteiger partial charge >= 0.3 is 0 Å². The van der Waals surface area contributed by atoms with Crippen LogP contribution in [0.2, 0.25) is 5.02 Å². The van der Waals surface area contributed by atoms with E-state index in [0.29, 0.717) is 13.1 Å². The van der Waals surface area contributed by atoms with Gasteiger partial charge in [-0.1, -0.05) is 23.7 Å². The van der Waals surface area contributed by atoms with E-state index in [-0.39, 0.29) is 26.9 Å². The zero-order valence-electron chi connectivity index (χ0n) is 14.1. The first-order valence-corrected chi connectivity index (χ1v) is 9.97. The molecule has 2 aromatic rings. The van der Waals surface area contributed by atoms with E-state index < -0.39 is 20.9 Å². The SMILES string of the molecule is O=C(Nc1ccccc1[N+](=O)[O-])c1cc(S(=O)(=O)N2CCCC2)ccc1Cl. The molecule has 2 aromatic carbocycles. The molecule has 0 aliphatic carbocycles. The van der Waals surface area contributed by atoms with E-state index in [9.17, 15) is 23.3 Å². The summed E-state index contributed by atoms with van der Waals surface area (Å²) in [5.41, 5.74) is -0.353. The van der Waals surface area contributed by atoms with E-state index in [0.717, 1.165) is 12.8 Å². The highest BCUT2D eigenvalue weighted by molar-refractivity contribution is 7.89. The second-order valence-electron chi connectivity index (χ2n) is 5.98. The Morgan fingerprint density at radius 2 is 1.81 bits per heavy atom. The predicted octanol–water partition coefficient (Wildman–Crippen LogP) is 3.29. The molecule has 0 atom stereocenters. The summed E-state index contributed by atoms with van der Waals surface area (Å²) in [7, 11) is -3.72. The van der Waals surface area contributed by atoms with E-state index in [1.54, 1.807) is 6.07 Å². The van der Waals surface area contributed by atoms with E-state index in [1.807, 2.05) is 0 Å². The quantitative estimate of drug-likeness (QED) is 0.601. The molecular formula is C17H16ClN3O5S. The van der Waals surface area contributed by atoms with Gasteiger partial charge in [-0.15, -0.1) is 0 Å². The molecule has 1 heterocycles. The average molecular weight is 410 g/mol. The molecule has 1 amide bonds. The first-order chi connectivity index (χ1) is 12.8. The average Bonchev–Trinajstić information content (AvgIpc) is 3.17. The molecule has 3 rings (SSSR count). The molecule has 8 nitrogen and oxygen atoms in total. The number of hydrogen-bond acceptors (Lipinski definition) is 5. The molecule has 0 unspecified atom stereocenters. The molecule has 0 bridgehead atoms. The van der Waals surface area contributed by atoms with Crippen LogP contribution in [0, 0.1) is 10.1 Å². The van der Waals surface area contributed by atoms with Gasteiger partial charge in [0.15, 0.2) is 0 Å². The number of halogens is 1. The second-order valence-corrected chi connectivity index (χ2v) is 8.33. The highest BCUT2D eigenvalue weighted by Crippen LogP contribution is 2.28. The Bertz CT molecular complexity index is 1000. The lowest BCUT2D eigenvalue weighted by molar-refractivity contribution is -0.383. The fourth-order valence-corrected chi connectivity index (χ4v) is 4.59. The fraction of sp³-hybridized carbons (Fsp3) is 0.235. The zero-order chi connectivity index (χ0) is 19.6. The van der Waals surface area contributed by atoms with Crippen molar-refractivity contribution in [2.75, 3.05) is 18.4 Å². The number of carbonyl (C=O) groups is 1. The zero-order valence-corrected chi connectivity index (χ0v) is 15.7. The minimum atomic E-state index is -3.72. The van der Waals surface area contributed by atoms with Crippen LogP contribution in [0.4, 0.5) is 11.4 Å². The highest BCUT2D eigenvalue weighted by Gasteiger charge is 2.28. The Morgan fingerprint density at radius 3 is 2.48 bits per heavy atom. The topological polar surface area (TPSA) is 110 Å². The van der Waals surface area contributed by atoms with E-state index >= 15 is 0 Å². The Kier molecular flexibility index (Phi) is 5.45. The van der Waals surface area contributed by atoms with Crippen molar-refractivity contribution in [2.24, 2.45) is 0 Å². The van der Waals surface area contributed by atoms with Crippen LogP contribution in [-0.2, 0) is 10.0 Å². The van der Waals surface area contributed by atoms with Gasteiger partial charge in [-0.3, -0.25) is 14.9 Å². The summed E-state index contributed by atoms with van der Waals surface area (Å²) in [5.74, 6) is -0.729. The van der Waals surface area contributed by atoms with Crippen LogP contribution in [0.1, 0.15) is 23.2 Å². The van der Waals surface area contributed by atoms with E-state index in [1.165, 1.54) is 40.7 Å². The fourth-order valence-electron chi connectivity index (χ4n) is 2.84. The van der Waals surface area contributed by atoms with E-state index in [4.69, 9.17) is 11.6 Å². The summed E-state index contributed by atoms with van der Waals surface area (Å²) in [6.07, 6.45) is 1.58. The number of carbonyl (C=O) groups excluding carboxylic acids is 1. The van der Waals surface area contributed by atoms with Gasteiger partial charge in [0.25, 0.3) is 11.6 Å². The number of nitrogens with zero attached hydrogens (tertiary/aromatic N) is 2. The lowest BCUT2D eigenvalue weighted by Gasteiger charge is -2.16. The van der Waals surface area contributed by atoms with Gasteiger partial charge in [0.1, 0.15) is 5.69 Å². The van der Waals surface area contributed by atoms with Crippen molar-refractivity contribution in [3.8, 4) is 0 Å². The standard InChI is InChI=1S/C17H16ClN3O5S/c18-14-8-7-12(27(25,26)20-9-3-4-10-20)11-13(14)17(22)19-15-5-1-2-6-16(15)21(23)24/h1-2,5-8,11H,3-4,9-10H2,(H,19,22). The van der Waals surface area contributed by atoms with Crippen LogP contribution in [0.25, 0.3) is 0 Å². The maximum Gasteiger partial charge on any atom is 0.292 e. The number of hydrogen-bond donors (Lipinski definition) is 1. The van der Waals surface area contributed by atoms with Crippen molar-refractivity contribution >= 4 is 38.9 Å². The van der Waals surface area contributed by atoms with E-state index in [2.05, 4.69) is 5.32 Å².